The summed E-state index contributed by atoms with van der Waals surface area (Å²) in [5.41, 5.74) is 1.90. The standard InChI is InChI=1S/C17H17FN6/c1-2-15-16(18)17(22-10-21-15)23-8-13-6-14(9-23)24(13)12-3-4-20-11(5-12)7-19/h3-5,10,13-14H,2,6,8-9H2,1H3. The molecule has 6 nitrogen and oxygen atoms in total. The Morgan fingerprint density at radius 3 is 2.79 bits per heavy atom. The Bertz CT molecular complexity index is 805. The molecule has 2 aromatic rings. The second-order valence-corrected chi connectivity index (χ2v) is 6.18. The van der Waals surface area contributed by atoms with Crippen molar-refractivity contribution in [2.45, 2.75) is 31.8 Å². The summed E-state index contributed by atoms with van der Waals surface area (Å²) >= 11 is 0. The number of aromatic nitrogens is 3. The van der Waals surface area contributed by atoms with Crippen LogP contribution >= 0.6 is 0 Å². The molecule has 122 valence electrons. The fourth-order valence-corrected chi connectivity index (χ4v) is 3.71. The van der Waals surface area contributed by atoms with Crippen LogP contribution in [0.2, 0.25) is 0 Å². The van der Waals surface area contributed by atoms with Crippen molar-refractivity contribution in [3.63, 3.8) is 0 Å². The summed E-state index contributed by atoms with van der Waals surface area (Å²) in [6, 6.07) is 6.42. The van der Waals surface area contributed by atoms with E-state index in [4.69, 9.17) is 5.26 Å². The molecule has 0 spiro atoms. The molecule has 0 N–H and O–H groups in total. The van der Waals surface area contributed by atoms with Gasteiger partial charge in [-0.05, 0) is 25.0 Å². The lowest BCUT2D eigenvalue weighted by atomic mass is 9.86. The Labute approximate surface area is 139 Å². The topological polar surface area (TPSA) is 68.9 Å². The summed E-state index contributed by atoms with van der Waals surface area (Å²) in [5, 5.41) is 9.01. The second kappa shape index (κ2) is 5.71. The molecular weight excluding hydrogens is 307 g/mol. The number of anilines is 2. The number of fused-ring (bicyclic) bond motifs is 2. The molecule has 0 amide bonds. The summed E-state index contributed by atoms with van der Waals surface area (Å²) in [4.78, 5) is 16.5. The minimum Gasteiger partial charge on any atom is -0.362 e. The molecule has 5 heterocycles. The minimum atomic E-state index is -0.302. The predicted octanol–water partition coefficient (Wildman–Crippen LogP) is 1.91. The molecule has 2 atom stereocenters. The van der Waals surface area contributed by atoms with Crippen LogP contribution in [0, 0.1) is 17.1 Å². The van der Waals surface area contributed by atoms with E-state index < -0.39 is 0 Å². The molecular formula is C17H17FN6. The predicted molar refractivity (Wildman–Crippen MR) is 87.2 cm³/mol. The molecule has 0 aliphatic carbocycles. The van der Waals surface area contributed by atoms with Gasteiger partial charge >= 0.3 is 0 Å². The van der Waals surface area contributed by atoms with E-state index in [-0.39, 0.29) is 5.82 Å². The molecule has 24 heavy (non-hydrogen) atoms. The molecule has 0 radical (unpaired) electrons. The monoisotopic (exact) mass is 324 g/mol. The Morgan fingerprint density at radius 2 is 2.08 bits per heavy atom. The van der Waals surface area contributed by atoms with Crippen molar-refractivity contribution in [3.05, 3.63) is 41.9 Å². The first-order valence-electron chi connectivity index (χ1n) is 8.10. The zero-order valence-electron chi connectivity index (χ0n) is 13.4. The molecule has 5 rings (SSSR count). The van der Waals surface area contributed by atoms with Crippen LogP contribution in [0.4, 0.5) is 15.9 Å². The molecule has 0 saturated carbocycles. The Morgan fingerprint density at radius 1 is 1.29 bits per heavy atom. The van der Waals surface area contributed by atoms with E-state index in [1.54, 1.807) is 6.20 Å². The number of hydrogen-bond acceptors (Lipinski definition) is 6. The van der Waals surface area contributed by atoms with Gasteiger partial charge in [0.25, 0.3) is 0 Å². The van der Waals surface area contributed by atoms with Crippen LogP contribution in [0.25, 0.3) is 0 Å². The van der Waals surface area contributed by atoms with Gasteiger partial charge in [0, 0.05) is 37.1 Å². The highest BCUT2D eigenvalue weighted by atomic mass is 19.1. The highest BCUT2D eigenvalue weighted by Gasteiger charge is 2.45. The van der Waals surface area contributed by atoms with Crippen LogP contribution < -0.4 is 9.80 Å². The van der Waals surface area contributed by atoms with Gasteiger partial charge in [0.2, 0.25) is 0 Å². The molecule has 7 heteroatoms. The third-order valence-corrected chi connectivity index (χ3v) is 4.83. The highest BCUT2D eigenvalue weighted by Crippen LogP contribution is 2.38. The summed E-state index contributed by atoms with van der Waals surface area (Å²) in [6.07, 6.45) is 4.74. The number of piperazine rings is 1. The molecule has 3 fully saturated rings. The molecule has 2 aromatic heterocycles. The number of rotatable bonds is 3. The molecule has 0 aromatic carbocycles. The van der Waals surface area contributed by atoms with Crippen LogP contribution in [-0.2, 0) is 6.42 Å². The van der Waals surface area contributed by atoms with E-state index in [2.05, 4.69) is 25.9 Å². The van der Waals surface area contributed by atoms with Crippen LogP contribution in [0.1, 0.15) is 24.7 Å². The first-order valence-corrected chi connectivity index (χ1v) is 8.10. The number of hydrogen-bond donors (Lipinski definition) is 0. The Balaban J connectivity index is 1.56. The normalized spacial score (nSPS) is 22.0. The lowest BCUT2D eigenvalue weighted by Gasteiger charge is -2.57. The highest BCUT2D eigenvalue weighted by molar-refractivity contribution is 5.57. The number of aryl methyl sites for hydroxylation is 1. The fraction of sp³-hybridized carbons (Fsp3) is 0.412. The number of pyridine rings is 1. The van der Waals surface area contributed by atoms with Gasteiger partial charge in [-0.2, -0.15) is 5.26 Å². The quantitative estimate of drug-likeness (QED) is 0.859. The van der Waals surface area contributed by atoms with Gasteiger partial charge in [-0.15, -0.1) is 0 Å². The van der Waals surface area contributed by atoms with Crippen molar-refractivity contribution in [2.75, 3.05) is 22.9 Å². The van der Waals surface area contributed by atoms with E-state index >= 15 is 0 Å². The maximum absolute atomic E-state index is 14.5. The zero-order valence-corrected chi connectivity index (χ0v) is 13.4. The maximum atomic E-state index is 14.5. The lowest BCUT2D eigenvalue weighted by Crippen LogP contribution is -2.69. The van der Waals surface area contributed by atoms with Crippen molar-refractivity contribution in [2.24, 2.45) is 0 Å². The average Bonchev–Trinajstić information content (AvgIpc) is 2.62. The molecule has 2 unspecified atom stereocenters. The van der Waals surface area contributed by atoms with E-state index in [1.165, 1.54) is 6.33 Å². The third-order valence-electron chi connectivity index (χ3n) is 4.83. The fourth-order valence-electron chi connectivity index (χ4n) is 3.71. The van der Waals surface area contributed by atoms with Gasteiger partial charge in [0.15, 0.2) is 11.6 Å². The Kier molecular flexibility index (Phi) is 3.53. The maximum Gasteiger partial charge on any atom is 0.187 e. The molecule has 3 aliphatic heterocycles. The third kappa shape index (κ3) is 2.26. The van der Waals surface area contributed by atoms with Crippen LogP contribution in [0.3, 0.4) is 0 Å². The van der Waals surface area contributed by atoms with E-state index in [0.29, 0.717) is 35.7 Å². The molecule has 3 aliphatic rings. The zero-order chi connectivity index (χ0) is 16.7. The SMILES string of the molecule is CCc1ncnc(N2CC3CC(C2)N3c2ccnc(C#N)c2)c1F. The lowest BCUT2D eigenvalue weighted by molar-refractivity contribution is 0.288. The smallest absolute Gasteiger partial charge is 0.187 e. The summed E-state index contributed by atoms with van der Waals surface area (Å²) in [5.74, 6) is 0.104. The average molecular weight is 324 g/mol. The van der Waals surface area contributed by atoms with Crippen LogP contribution in [0.15, 0.2) is 24.7 Å². The number of nitrogens with zero attached hydrogens (tertiary/aromatic N) is 6. The number of piperidine rings is 1. The van der Waals surface area contributed by atoms with E-state index in [1.807, 2.05) is 24.0 Å². The van der Waals surface area contributed by atoms with E-state index in [0.717, 1.165) is 25.2 Å². The Hall–Kier alpha value is -2.75. The summed E-state index contributed by atoms with van der Waals surface area (Å²) in [7, 11) is 0. The molecule has 2 bridgehead atoms. The van der Waals surface area contributed by atoms with Crippen molar-refractivity contribution < 1.29 is 4.39 Å². The largest absolute Gasteiger partial charge is 0.362 e. The van der Waals surface area contributed by atoms with Gasteiger partial charge < -0.3 is 9.80 Å². The van der Waals surface area contributed by atoms with Crippen LogP contribution in [0.5, 0.6) is 0 Å². The minimum absolute atomic E-state index is 0.302. The van der Waals surface area contributed by atoms with Crippen molar-refractivity contribution in [3.8, 4) is 6.07 Å². The second-order valence-electron chi connectivity index (χ2n) is 6.18. The van der Waals surface area contributed by atoms with Gasteiger partial charge in [0.05, 0.1) is 5.69 Å². The van der Waals surface area contributed by atoms with Crippen molar-refractivity contribution >= 4 is 11.5 Å². The van der Waals surface area contributed by atoms with Crippen molar-refractivity contribution in [1.82, 2.24) is 15.0 Å². The summed E-state index contributed by atoms with van der Waals surface area (Å²) < 4.78 is 14.5. The first-order chi connectivity index (χ1) is 11.7. The van der Waals surface area contributed by atoms with Gasteiger partial charge in [-0.25, -0.2) is 19.3 Å². The first kappa shape index (κ1) is 14.8. The van der Waals surface area contributed by atoms with Gasteiger partial charge in [-0.1, -0.05) is 6.92 Å². The number of halogens is 1. The van der Waals surface area contributed by atoms with Crippen LogP contribution in [-0.4, -0.2) is 40.1 Å². The summed E-state index contributed by atoms with van der Waals surface area (Å²) in [6.45, 7) is 3.33. The molecule has 3 saturated heterocycles. The van der Waals surface area contributed by atoms with Gasteiger partial charge in [-0.3, -0.25) is 0 Å². The number of nitriles is 1. The van der Waals surface area contributed by atoms with E-state index in [9.17, 15) is 4.39 Å². The van der Waals surface area contributed by atoms with Gasteiger partial charge in [0.1, 0.15) is 18.1 Å². The van der Waals surface area contributed by atoms with Crippen molar-refractivity contribution in [1.29, 1.82) is 5.26 Å².